The molecule has 0 aromatic rings. The number of morpholine rings is 2. The van der Waals surface area contributed by atoms with Crippen LogP contribution in [0.4, 0.5) is 4.79 Å². The molecule has 7 heteroatoms. The van der Waals surface area contributed by atoms with E-state index in [0.717, 1.165) is 44.7 Å². The molecular formula is C22H38N4O3. The van der Waals surface area contributed by atoms with E-state index < -0.39 is 0 Å². The maximum Gasteiger partial charge on any atom is 0.327 e. The van der Waals surface area contributed by atoms with E-state index in [0.29, 0.717) is 45.6 Å². The van der Waals surface area contributed by atoms with Crippen LogP contribution in [-0.4, -0.2) is 91.4 Å². The number of carbonyl (C=O) groups is 1. The Morgan fingerprint density at radius 1 is 0.724 bits per heavy atom. The maximum absolute atomic E-state index is 13.8. The van der Waals surface area contributed by atoms with Crippen LogP contribution in [0.25, 0.3) is 0 Å². The van der Waals surface area contributed by atoms with Crippen molar-refractivity contribution in [2.45, 2.75) is 76.3 Å². The molecule has 0 atom stereocenters. The Kier molecular flexibility index (Phi) is 7.66. The standard InChI is InChI=1S/C22H38N4O3/c27-22(25-13-17-29-18-14-25)26(20-9-5-2-6-10-20)21(24-11-15-28-16-12-24)23-19-7-3-1-4-8-19/h19-20H,1-18H2. The first-order valence-electron chi connectivity index (χ1n) is 11.9. The second-order valence-electron chi connectivity index (χ2n) is 8.86. The van der Waals surface area contributed by atoms with Crippen molar-refractivity contribution >= 4 is 12.0 Å². The van der Waals surface area contributed by atoms with Gasteiger partial charge in [-0.25, -0.2) is 9.79 Å². The Labute approximate surface area is 175 Å². The lowest BCUT2D eigenvalue weighted by Crippen LogP contribution is -2.59. The van der Waals surface area contributed by atoms with Crippen molar-refractivity contribution in [2.24, 2.45) is 4.99 Å². The van der Waals surface area contributed by atoms with Gasteiger partial charge in [-0.1, -0.05) is 38.5 Å². The number of guanidine groups is 1. The van der Waals surface area contributed by atoms with Crippen LogP contribution in [0.3, 0.4) is 0 Å². The molecule has 0 bridgehead atoms. The van der Waals surface area contributed by atoms with Gasteiger partial charge in [-0.15, -0.1) is 0 Å². The Hall–Kier alpha value is -1.34. The molecule has 7 nitrogen and oxygen atoms in total. The molecule has 0 aromatic heterocycles. The average Bonchev–Trinajstić information content (AvgIpc) is 2.81. The van der Waals surface area contributed by atoms with E-state index in [1.807, 2.05) is 4.90 Å². The van der Waals surface area contributed by atoms with Crippen molar-refractivity contribution in [1.82, 2.24) is 14.7 Å². The highest BCUT2D eigenvalue weighted by atomic mass is 16.5. The molecule has 2 amide bonds. The molecule has 0 aromatic carbocycles. The molecule has 2 aliphatic carbocycles. The normalized spacial score (nSPS) is 25.9. The van der Waals surface area contributed by atoms with Gasteiger partial charge in [0.05, 0.1) is 32.5 Å². The largest absolute Gasteiger partial charge is 0.378 e. The minimum atomic E-state index is 0.140. The van der Waals surface area contributed by atoms with Crippen molar-refractivity contribution in [2.75, 3.05) is 52.6 Å². The average molecular weight is 407 g/mol. The van der Waals surface area contributed by atoms with Gasteiger partial charge in [-0.05, 0) is 25.7 Å². The minimum absolute atomic E-state index is 0.140. The molecule has 2 saturated carbocycles. The minimum Gasteiger partial charge on any atom is -0.378 e. The molecule has 2 saturated heterocycles. The summed E-state index contributed by atoms with van der Waals surface area (Å²) >= 11 is 0. The number of hydrogen-bond acceptors (Lipinski definition) is 4. The van der Waals surface area contributed by atoms with E-state index in [2.05, 4.69) is 9.80 Å². The number of nitrogens with zero attached hydrogens (tertiary/aromatic N) is 4. The van der Waals surface area contributed by atoms with Crippen LogP contribution in [0.2, 0.25) is 0 Å². The predicted molar refractivity (Wildman–Crippen MR) is 113 cm³/mol. The number of aliphatic imine (C=N–C) groups is 1. The second kappa shape index (κ2) is 10.6. The summed E-state index contributed by atoms with van der Waals surface area (Å²) in [5.74, 6) is 0.934. The highest BCUT2D eigenvalue weighted by molar-refractivity contribution is 5.97. The summed E-state index contributed by atoms with van der Waals surface area (Å²) in [5.41, 5.74) is 0. The summed E-state index contributed by atoms with van der Waals surface area (Å²) in [6.07, 6.45) is 12.0. The van der Waals surface area contributed by atoms with Gasteiger partial charge in [-0.2, -0.15) is 0 Å². The van der Waals surface area contributed by atoms with Gasteiger partial charge in [-0.3, -0.25) is 4.90 Å². The quantitative estimate of drug-likeness (QED) is 0.522. The Morgan fingerprint density at radius 3 is 1.83 bits per heavy atom. The van der Waals surface area contributed by atoms with Crippen LogP contribution >= 0.6 is 0 Å². The Morgan fingerprint density at radius 2 is 1.24 bits per heavy atom. The smallest absolute Gasteiger partial charge is 0.327 e. The fourth-order valence-electron chi connectivity index (χ4n) is 5.08. The zero-order valence-electron chi connectivity index (χ0n) is 17.9. The fourth-order valence-corrected chi connectivity index (χ4v) is 5.08. The molecule has 2 aliphatic heterocycles. The molecule has 29 heavy (non-hydrogen) atoms. The van der Waals surface area contributed by atoms with Crippen LogP contribution in [0.15, 0.2) is 4.99 Å². The first kappa shape index (κ1) is 20.9. The van der Waals surface area contributed by atoms with Crippen LogP contribution in [0.5, 0.6) is 0 Å². The lowest BCUT2D eigenvalue weighted by molar-refractivity contribution is 0.0386. The van der Waals surface area contributed by atoms with Gasteiger partial charge in [0.25, 0.3) is 0 Å². The first-order valence-corrected chi connectivity index (χ1v) is 11.9. The van der Waals surface area contributed by atoms with E-state index in [1.165, 1.54) is 38.5 Å². The molecule has 4 fully saturated rings. The van der Waals surface area contributed by atoms with Crippen molar-refractivity contribution in [3.05, 3.63) is 0 Å². The van der Waals surface area contributed by atoms with Crippen LogP contribution < -0.4 is 0 Å². The van der Waals surface area contributed by atoms with Gasteiger partial charge in [0.15, 0.2) is 0 Å². The van der Waals surface area contributed by atoms with Crippen LogP contribution in [0, 0.1) is 0 Å². The van der Waals surface area contributed by atoms with Crippen molar-refractivity contribution in [1.29, 1.82) is 0 Å². The summed E-state index contributed by atoms with van der Waals surface area (Å²) in [4.78, 5) is 25.5. The fraction of sp³-hybridized carbons (Fsp3) is 0.909. The van der Waals surface area contributed by atoms with E-state index in [9.17, 15) is 4.79 Å². The second-order valence-corrected chi connectivity index (χ2v) is 8.86. The number of ether oxygens (including phenoxy) is 2. The number of carbonyl (C=O) groups excluding carboxylic acids is 1. The van der Waals surface area contributed by atoms with E-state index in [4.69, 9.17) is 14.5 Å². The predicted octanol–water partition coefficient (Wildman–Crippen LogP) is 3.09. The summed E-state index contributed by atoms with van der Waals surface area (Å²) in [7, 11) is 0. The molecule has 164 valence electrons. The lowest BCUT2D eigenvalue weighted by Gasteiger charge is -2.43. The molecule has 0 N–H and O–H groups in total. The van der Waals surface area contributed by atoms with Gasteiger partial charge in [0.2, 0.25) is 5.96 Å². The third-order valence-electron chi connectivity index (χ3n) is 6.81. The number of amides is 2. The highest BCUT2D eigenvalue weighted by Crippen LogP contribution is 2.27. The molecule has 0 radical (unpaired) electrons. The topological polar surface area (TPSA) is 57.6 Å². The van der Waals surface area contributed by atoms with E-state index in [-0.39, 0.29) is 12.1 Å². The summed E-state index contributed by atoms with van der Waals surface area (Å²) < 4.78 is 11.1. The molecule has 4 aliphatic rings. The van der Waals surface area contributed by atoms with Gasteiger partial charge < -0.3 is 19.3 Å². The Balaban J connectivity index is 1.63. The monoisotopic (exact) mass is 406 g/mol. The summed E-state index contributed by atoms with van der Waals surface area (Å²) in [6, 6.07) is 0.760. The molecule has 0 spiro atoms. The third kappa shape index (κ3) is 5.43. The summed E-state index contributed by atoms with van der Waals surface area (Å²) in [6.45, 7) is 5.72. The third-order valence-corrected chi connectivity index (χ3v) is 6.81. The van der Waals surface area contributed by atoms with Crippen molar-refractivity contribution in [3.63, 3.8) is 0 Å². The SMILES string of the molecule is O=C(N1CCOCC1)N(C(=NC1CCCCC1)N1CCOCC1)C1CCCCC1. The number of urea groups is 1. The van der Waals surface area contributed by atoms with Crippen LogP contribution in [-0.2, 0) is 9.47 Å². The lowest BCUT2D eigenvalue weighted by atomic mass is 9.94. The van der Waals surface area contributed by atoms with Crippen LogP contribution in [0.1, 0.15) is 64.2 Å². The Bertz CT molecular complexity index is 546. The number of hydrogen-bond donors (Lipinski definition) is 0. The molecular weight excluding hydrogens is 368 g/mol. The zero-order chi connectivity index (χ0) is 19.9. The summed E-state index contributed by atoms with van der Waals surface area (Å²) in [5, 5.41) is 0. The van der Waals surface area contributed by atoms with Crippen molar-refractivity contribution < 1.29 is 14.3 Å². The zero-order valence-corrected chi connectivity index (χ0v) is 17.9. The van der Waals surface area contributed by atoms with Gasteiger partial charge in [0, 0.05) is 32.2 Å². The van der Waals surface area contributed by atoms with Gasteiger partial charge >= 0.3 is 6.03 Å². The van der Waals surface area contributed by atoms with Gasteiger partial charge in [0.1, 0.15) is 0 Å². The molecule has 2 heterocycles. The highest BCUT2D eigenvalue weighted by Gasteiger charge is 2.36. The maximum atomic E-state index is 13.8. The molecule has 4 rings (SSSR count). The van der Waals surface area contributed by atoms with Crippen molar-refractivity contribution in [3.8, 4) is 0 Å². The van der Waals surface area contributed by atoms with E-state index in [1.54, 1.807) is 0 Å². The first-order chi connectivity index (χ1) is 14.3. The number of rotatable bonds is 2. The van der Waals surface area contributed by atoms with E-state index >= 15 is 0 Å². The molecule has 0 unspecified atom stereocenters.